The van der Waals surface area contributed by atoms with Crippen LogP contribution in [0.25, 0.3) is 0 Å². The van der Waals surface area contributed by atoms with Crippen LogP contribution in [0.1, 0.15) is 12.5 Å². The molecule has 1 aromatic rings. The zero-order valence-electron chi connectivity index (χ0n) is 10.8. The standard InChI is InChI=1S/C13H18F2N2O2/c1-8-5-17(6-10(7-18)19-8)11-3-2-9(4-16)12(14)13(11)15/h2-3,8,10,18H,4-7,16H2,1H3. The molecule has 0 radical (unpaired) electrons. The summed E-state index contributed by atoms with van der Waals surface area (Å²) in [5.41, 5.74) is 5.68. The van der Waals surface area contributed by atoms with E-state index in [9.17, 15) is 8.78 Å². The van der Waals surface area contributed by atoms with Gasteiger partial charge in [0.25, 0.3) is 0 Å². The highest BCUT2D eigenvalue weighted by molar-refractivity contribution is 5.50. The number of hydrogen-bond acceptors (Lipinski definition) is 4. The molecule has 19 heavy (non-hydrogen) atoms. The Hall–Kier alpha value is -1.24. The van der Waals surface area contributed by atoms with E-state index >= 15 is 0 Å². The van der Waals surface area contributed by atoms with Crippen molar-refractivity contribution in [1.82, 2.24) is 0 Å². The van der Waals surface area contributed by atoms with E-state index in [1.54, 1.807) is 4.90 Å². The summed E-state index contributed by atoms with van der Waals surface area (Å²) in [6.07, 6.45) is -0.539. The second-order valence-electron chi connectivity index (χ2n) is 4.73. The van der Waals surface area contributed by atoms with Crippen LogP contribution >= 0.6 is 0 Å². The molecule has 1 aliphatic rings. The predicted molar refractivity (Wildman–Crippen MR) is 67.9 cm³/mol. The van der Waals surface area contributed by atoms with Crippen molar-refractivity contribution in [1.29, 1.82) is 0 Å². The summed E-state index contributed by atoms with van der Waals surface area (Å²) in [5, 5.41) is 9.14. The largest absolute Gasteiger partial charge is 0.394 e. The van der Waals surface area contributed by atoms with Crippen molar-refractivity contribution in [3.8, 4) is 0 Å². The molecule has 3 N–H and O–H groups in total. The number of morpholine rings is 1. The summed E-state index contributed by atoms with van der Waals surface area (Å²) in [6.45, 7) is 2.43. The van der Waals surface area contributed by atoms with E-state index in [1.165, 1.54) is 12.1 Å². The lowest BCUT2D eigenvalue weighted by atomic mass is 10.1. The molecular formula is C13H18F2N2O2. The average Bonchev–Trinajstić information content (AvgIpc) is 2.41. The maximum Gasteiger partial charge on any atom is 0.182 e. The van der Waals surface area contributed by atoms with E-state index in [0.29, 0.717) is 13.1 Å². The van der Waals surface area contributed by atoms with Gasteiger partial charge < -0.3 is 20.5 Å². The molecule has 0 bridgehead atoms. The van der Waals surface area contributed by atoms with Crippen LogP contribution in [0, 0.1) is 11.6 Å². The first kappa shape index (κ1) is 14.2. The van der Waals surface area contributed by atoms with Gasteiger partial charge in [-0.3, -0.25) is 0 Å². The van der Waals surface area contributed by atoms with Crippen molar-refractivity contribution in [3.63, 3.8) is 0 Å². The van der Waals surface area contributed by atoms with E-state index in [4.69, 9.17) is 15.6 Å². The van der Waals surface area contributed by atoms with Gasteiger partial charge in [-0.1, -0.05) is 6.07 Å². The number of nitrogens with two attached hydrogens (primary N) is 1. The molecule has 1 heterocycles. The fraction of sp³-hybridized carbons (Fsp3) is 0.538. The van der Waals surface area contributed by atoms with Crippen molar-refractivity contribution in [2.45, 2.75) is 25.7 Å². The number of benzene rings is 1. The summed E-state index contributed by atoms with van der Waals surface area (Å²) in [6, 6.07) is 3.01. The van der Waals surface area contributed by atoms with E-state index in [0.717, 1.165) is 0 Å². The Labute approximate surface area is 110 Å². The number of aliphatic hydroxyl groups excluding tert-OH is 1. The van der Waals surface area contributed by atoms with E-state index in [-0.39, 0.29) is 36.6 Å². The van der Waals surface area contributed by atoms with E-state index in [2.05, 4.69) is 0 Å². The first-order valence-corrected chi connectivity index (χ1v) is 6.25. The molecule has 1 fully saturated rings. The molecule has 2 unspecified atom stereocenters. The Morgan fingerprint density at radius 3 is 2.74 bits per heavy atom. The van der Waals surface area contributed by atoms with Crippen molar-refractivity contribution in [3.05, 3.63) is 29.3 Å². The fourth-order valence-corrected chi connectivity index (χ4v) is 2.32. The number of aliphatic hydroxyl groups is 1. The Morgan fingerprint density at radius 2 is 2.11 bits per heavy atom. The minimum Gasteiger partial charge on any atom is -0.394 e. The van der Waals surface area contributed by atoms with Gasteiger partial charge in [-0.25, -0.2) is 8.78 Å². The highest BCUT2D eigenvalue weighted by Crippen LogP contribution is 2.26. The van der Waals surface area contributed by atoms with Gasteiger partial charge in [0.2, 0.25) is 0 Å². The Kier molecular flexibility index (Phi) is 4.34. The second-order valence-corrected chi connectivity index (χ2v) is 4.73. The van der Waals surface area contributed by atoms with Crippen LogP contribution in [-0.2, 0) is 11.3 Å². The molecule has 0 saturated carbocycles. The van der Waals surface area contributed by atoms with Crippen molar-refractivity contribution in [2.24, 2.45) is 5.73 Å². The quantitative estimate of drug-likeness (QED) is 0.862. The van der Waals surface area contributed by atoms with Crippen LogP contribution in [0.4, 0.5) is 14.5 Å². The summed E-state index contributed by atoms with van der Waals surface area (Å²) < 4.78 is 33.2. The highest BCUT2D eigenvalue weighted by Gasteiger charge is 2.27. The van der Waals surface area contributed by atoms with Crippen molar-refractivity contribution in [2.75, 3.05) is 24.6 Å². The molecule has 0 amide bonds. The zero-order valence-corrected chi connectivity index (χ0v) is 10.8. The minimum absolute atomic E-state index is 0.0399. The summed E-state index contributed by atoms with van der Waals surface area (Å²) >= 11 is 0. The Morgan fingerprint density at radius 1 is 1.37 bits per heavy atom. The number of halogens is 2. The molecule has 0 aromatic heterocycles. The lowest BCUT2D eigenvalue weighted by Gasteiger charge is -2.37. The first-order valence-electron chi connectivity index (χ1n) is 6.25. The van der Waals surface area contributed by atoms with Gasteiger partial charge in [0.15, 0.2) is 11.6 Å². The number of rotatable bonds is 3. The summed E-state index contributed by atoms with van der Waals surface area (Å²) in [7, 11) is 0. The minimum atomic E-state index is -0.903. The molecule has 1 aromatic carbocycles. The van der Waals surface area contributed by atoms with Crippen LogP contribution < -0.4 is 10.6 Å². The van der Waals surface area contributed by atoms with E-state index in [1.807, 2.05) is 6.92 Å². The molecular weight excluding hydrogens is 254 g/mol. The Bertz CT molecular complexity index is 457. The van der Waals surface area contributed by atoms with Crippen LogP contribution in [0.3, 0.4) is 0 Å². The third kappa shape index (κ3) is 2.86. The van der Waals surface area contributed by atoms with Gasteiger partial charge in [-0.05, 0) is 13.0 Å². The monoisotopic (exact) mass is 272 g/mol. The van der Waals surface area contributed by atoms with Crippen LogP contribution in [-0.4, -0.2) is 37.0 Å². The van der Waals surface area contributed by atoms with Crippen LogP contribution in [0.2, 0.25) is 0 Å². The summed E-state index contributed by atoms with van der Waals surface area (Å²) in [4.78, 5) is 1.69. The van der Waals surface area contributed by atoms with E-state index < -0.39 is 11.6 Å². The van der Waals surface area contributed by atoms with Gasteiger partial charge in [0.1, 0.15) is 0 Å². The number of hydrogen-bond donors (Lipinski definition) is 2. The van der Waals surface area contributed by atoms with Gasteiger partial charge in [-0.15, -0.1) is 0 Å². The second kappa shape index (κ2) is 5.81. The normalized spacial score (nSPS) is 23.7. The number of ether oxygens (including phenoxy) is 1. The van der Waals surface area contributed by atoms with Crippen LogP contribution in [0.15, 0.2) is 12.1 Å². The first-order chi connectivity index (χ1) is 9.06. The summed E-state index contributed by atoms with van der Waals surface area (Å²) in [5.74, 6) is -1.80. The van der Waals surface area contributed by atoms with Crippen LogP contribution in [0.5, 0.6) is 0 Å². The SMILES string of the molecule is CC1CN(c2ccc(CN)c(F)c2F)CC(CO)O1. The van der Waals surface area contributed by atoms with Crippen molar-refractivity contribution >= 4 is 5.69 Å². The van der Waals surface area contributed by atoms with Crippen molar-refractivity contribution < 1.29 is 18.6 Å². The third-order valence-corrected chi connectivity index (χ3v) is 3.23. The highest BCUT2D eigenvalue weighted by atomic mass is 19.2. The maximum atomic E-state index is 14.0. The number of anilines is 1. The topological polar surface area (TPSA) is 58.7 Å². The molecule has 0 aliphatic carbocycles. The predicted octanol–water partition coefficient (Wildman–Crippen LogP) is 1.01. The lowest BCUT2D eigenvalue weighted by molar-refractivity contribution is -0.0422. The molecule has 6 heteroatoms. The fourth-order valence-electron chi connectivity index (χ4n) is 2.32. The molecule has 2 atom stereocenters. The number of nitrogens with zero attached hydrogens (tertiary/aromatic N) is 1. The molecule has 0 spiro atoms. The van der Waals surface area contributed by atoms with Gasteiger partial charge in [0, 0.05) is 25.2 Å². The molecule has 2 rings (SSSR count). The van der Waals surface area contributed by atoms with Gasteiger partial charge >= 0.3 is 0 Å². The zero-order chi connectivity index (χ0) is 14.0. The molecule has 106 valence electrons. The molecule has 4 nitrogen and oxygen atoms in total. The molecule has 1 saturated heterocycles. The Balaban J connectivity index is 2.28. The van der Waals surface area contributed by atoms with Gasteiger partial charge in [-0.2, -0.15) is 0 Å². The average molecular weight is 272 g/mol. The van der Waals surface area contributed by atoms with Gasteiger partial charge in [0.05, 0.1) is 24.5 Å². The third-order valence-electron chi connectivity index (χ3n) is 3.23. The lowest BCUT2D eigenvalue weighted by Crippen LogP contribution is -2.48. The maximum absolute atomic E-state index is 14.0. The smallest absolute Gasteiger partial charge is 0.182 e. The molecule has 1 aliphatic heterocycles.